The summed E-state index contributed by atoms with van der Waals surface area (Å²) in [5.74, 6) is 1.04. The summed E-state index contributed by atoms with van der Waals surface area (Å²) >= 11 is 0. The molecule has 0 N–H and O–H groups in total. The van der Waals surface area contributed by atoms with Crippen LogP contribution in [0.4, 0.5) is 0 Å². The van der Waals surface area contributed by atoms with Gasteiger partial charge in [0.2, 0.25) is 0 Å². The lowest BCUT2D eigenvalue weighted by atomic mass is 9.63. The lowest BCUT2D eigenvalue weighted by molar-refractivity contribution is 0.0670. The molecule has 1 spiro atoms. The van der Waals surface area contributed by atoms with Crippen molar-refractivity contribution in [2.75, 3.05) is 0 Å². The standard InChI is InChI=1S/C20H24O/c1-19(2,3)15-7-5-14-8-9-20(18(21)17(14)11-15)12-13-4-6-16(20)10-13/h4-5,7,11,16H,6,8-10,12H2,1-3H3. The van der Waals surface area contributed by atoms with Gasteiger partial charge in [0, 0.05) is 11.0 Å². The Morgan fingerprint density at radius 2 is 2.05 bits per heavy atom. The minimum Gasteiger partial charge on any atom is -0.294 e. The molecule has 0 heterocycles. The van der Waals surface area contributed by atoms with Crippen molar-refractivity contribution in [2.24, 2.45) is 11.3 Å². The number of carbonyl (C=O) groups excluding carboxylic acids is 1. The van der Waals surface area contributed by atoms with Crippen LogP contribution in [0.5, 0.6) is 0 Å². The predicted octanol–water partition coefficient (Wildman–Crippen LogP) is 4.84. The second-order valence-electron chi connectivity index (χ2n) is 8.28. The molecule has 1 aromatic carbocycles. The van der Waals surface area contributed by atoms with Crippen LogP contribution >= 0.6 is 0 Å². The number of hydrogen-bond acceptors (Lipinski definition) is 1. The van der Waals surface area contributed by atoms with Crippen LogP contribution in [0.1, 0.15) is 67.9 Å². The van der Waals surface area contributed by atoms with E-state index in [0.29, 0.717) is 11.7 Å². The smallest absolute Gasteiger partial charge is 0.169 e. The van der Waals surface area contributed by atoms with E-state index < -0.39 is 0 Å². The number of allylic oxidation sites excluding steroid dienone is 2. The van der Waals surface area contributed by atoms with Gasteiger partial charge in [0.1, 0.15) is 0 Å². The fraction of sp³-hybridized carbons (Fsp3) is 0.550. The van der Waals surface area contributed by atoms with Crippen LogP contribution in [0.3, 0.4) is 0 Å². The third-order valence-electron chi connectivity index (χ3n) is 6.04. The van der Waals surface area contributed by atoms with E-state index in [1.807, 2.05) is 0 Å². The maximum atomic E-state index is 13.3. The average molecular weight is 280 g/mol. The van der Waals surface area contributed by atoms with Crippen molar-refractivity contribution in [3.63, 3.8) is 0 Å². The molecular weight excluding hydrogens is 256 g/mol. The summed E-state index contributed by atoms with van der Waals surface area (Å²) in [5, 5.41) is 0. The Morgan fingerprint density at radius 3 is 2.67 bits per heavy atom. The number of carbonyl (C=O) groups is 1. The fourth-order valence-electron chi connectivity index (χ4n) is 4.68. The number of ketones is 1. The normalized spacial score (nSPS) is 30.7. The molecule has 0 amide bonds. The zero-order valence-corrected chi connectivity index (χ0v) is 13.3. The first-order chi connectivity index (χ1) is 9.90. The first kappa shape index (κ1) is 13.3. The van der Waals surface area contributed by atoms with E-state index in [9.17, 15) is 4.79 Å². The highest BCUT2D eigenvalue weighted by Gasteiger charge is 2.53. The molecule has 1 saturated carbocycles. The SMILES string of the molecule is CC(C)(C)c1ccc2c(c1)C(=O)C1(CC2)CC2=CCC1C2. The molecule has 2 unspecified atom stereocenters. The van der Waals surface area contributed by atoms with E-state index >= 15 is 0 Å². The van der Waals surface area contributed by atoms with Gasteiger partial charge in [0.05, 0.1) is 0 Å². The molecule has 0 aromatic heterocycles. The third-order valence-corrected chi connectivity index (χ3v) is 6.04. The van der Waals surface area contributed by atoms with Crippen molar-refractivity contribution in [1.82, 2.24) is 0 Å². The van der Waals surface area contributed by atoms with Crippen molar-refractivity contribution < 1.29 is 4.79 Å². The highest BCUT2D eigenvalue weighted by Crippen LogP contribution is 2.58. The van der Waals surface area contributed by atoms with Gasteiger partial charge in [-0.1, -0.05) is 44.6 Å². The minimum absolute atomic E-state index is 0.0480. The molecule has 1 nitrogen and oxygen atoms in total. The predicted molar refractivity (Wildman–Crippen MR) is 85.7 cm³/mol. The third kappa shape index (κ3) is 1.79. The summed E-state index contributed by atoms with van der Waals surface area (Å²) in [6.45, 7) is 6.67. The van der Waals surface area contributed by atoms with Crippen molar-refractivity contribution >= 4 is 5.78 Å². The van der Waals surface area contributed by atoms with E-state index in [1.165, 1.54) is 17.5 Å². The summed E-state index contributed by atoms with van der Waals surface area (Å²) in [4.78, 5) is 13.3. The quantitative estimate of drug-likeness (QED) is 0.621. The summed E-state index contributed by atoms with van der Waals surface area (Å²) in [5.41, 5.74) is 5.19. The second-order valence-corrected chi connectivity index (χ2v) is 8.28. The maximum absolute atomic E-state index is 13.3. The van der Waals surface area contributed by atoms with Gasteiger partial charge in [-0.05, 0) is 60.6 Å². The highest BCUT2D eigenvalue weighted by molar-refractivity contribution is 6.04. The average Bonchev–Trinajstić information content (AvgIpc) is 3.03. The Morgan fingerprint density at radius 1 is 1.24 bits per heavy atom. The van der Waals surface area contributed by atoms with Crippen molar-refractivity contribution in [2.45, 2.75) is 58.3 Å². The zero-order valence-electron chi connectivity index (χ0n) is 13.3. The van der Waals surface area contributed by atoms with E-state index in [-0.39, 0.29) is 10.8 Å². The first-order valence-corrected chi connectivity index (χ1v) is 8.26. The molecule has 110 valence electrons. The van der Waals surface area contributed by atoms with Gasteiger partial charge in [-0.15, -0.1) is 0 Å². The van der Waals surface area contributed by atoms with Crippen LogP contribution in [0.2, 0.25) is 0 Å². The van der Waals surface area contributed by atoms with Gasteiger partial charge in [-0.2, -0.15) is 0 Å². The molecule has 3 aliphatic rings. The van der Waals surface area contributed by atoms with Gasteiger partial charge >= 0.3 is 0 Å². The lowest BCUT2D eigenvalue weighted by Gasteiger charge is -2.39. The van der Waals surface area contributed by atoms with Gasteiger partial charge in [-0.3, -0.25) is 4.79 Å². The Kier molecular flexibility index (Phi) is 2.59. The van der Waals surface area contributed by atoms with Crippen LogP contribution in [0, 0.1) is 11.3 Å². The molecule has 21 heavy (non-hydrogen) atoms. The van der Waals surface area contributed by atoms with Crippen molar-refractivity contribution in [1.29, 1.82) is 0 Å². The maximum Gasteiger partial charge on any atom is 0.169 e. The van der Waals surface area contributed by atoms with Crippen molar-refractivity contribution in [3.05, 3.63) is 46.5 Å². The Balaban J connectivity index is 1.79. The minimum atomic E-state index is -0.0480. The molecule has 4 rings (SSSR count). The van der Waals surface area contributed by atoms with E-state index in [2.05, 4.69) is 45.0 Å². The van der Waals surface area contributed by atoms with E-state index in [4.69, 9.17) is 0 Å². The summed E-state index contributed by atoms with van der Waals surface area (Å²) < 4.78 is 0. The Labute approximate surface area is 127 Å². The number of hydrogen-bond donors (Lipinski definition) is 0. The van der Waals surface area contributed by atoms with Gasteiger partial charge in [0.15, 0.2) is 5.78 Å². The monoisotopic (exact) mass is 280 g/mol. The molecular formula is C20H24O. The summed E-state index contributed by atoms with van der Waals surface area (Å²) in [6.07, 6.45) is 7.88. The molecule has 1 aromatic rings. The number of benzene rings is 1. The number of aryl methyl sites for hydroxylation is 1. The van der Waals surface area contributed by atoms with Gasteiger partial charge in [0.25, 0.3) is 0 Å². The van der Waals surface area contributed by atoms with Crippen LogP contribution in [0.15, 0.2) is 29.8 Å². The number of fused-ring (bicyclic) bond motifs is 4. The summed E-state index contributed by atoms with van der Waals surface area (Å²) in [6, 6.07) is 6.61. The van der Waals surface area contributed by atoms with E-state index in [0.717, 1.165) is 31.2 Å². The zero-order chi connectivity index (χ0) is 14.8. The molecule has 1 heteroatoms. The largest absolute Gasteiger partial charge is 0.294 e. The highest BCUT2D eigenvalue weighted by atomic mass is 16.1. The number of Topliss-reactive ketones (excluding diaryl/α,β-unsaturated/α-hetero) is 1. The molecule has 1 fully saturated rings. The molecule has 2 bridgehead atoms. The molecule has 3 aliphatic carbocycles. The molecule has 0 aliphatic heterocycles. The first-order valence-electron chi connectivity index (χ1n) is 8.26. The Hall–Kier alpha value is -1.37. The lowest BCUT2D eigenvalue weighted by Crippen LogP contribution is -2.39. The van der Waals surface area contributed by atoms with E-state index in [1.54, 1.807) is 5.57 Å². The fourth-order valence-corrected chi connectivity index (χ4v) is 4.68. The van der Waals surface area contributed by atoms with Gasteiger partial charge in [-0.25, -0.2) is 0 Å². The Bertz CT molecular complexity index is 659. The van der Waals surface area contributed by atoms with Crippen LogP contribution < -0.4 is 0 Å². The molecule has 2 atom stereocenters. The molecule has 0 saturated heterocycles. The van der Waals surface area contributed by atoms with Crippen molar-refractivity contribution in [3.8, 4) is 0 Å². The van der Waals surface area contributed by atoms with Crippen LogP contribution in [-0.2, 0) is 11.8 Å². The second kappa shape index (κ2) is 4.09. The number of rotatable bonds is 0. The molecule has 0 radical (unpaired) electrons. The van der Waals surface area contributed by atoms with Gasteiger partial charge < -0.3 is 0 Å². The van der Waals surface area contributed by atoms with Crippen LogP contribution in [0.25, 0.3) is 0 Å². The topological polar surface area (TPSA) is 17.1 Å². The van der Waals surface area contributed by atoms with Crippen LogP contribution in [-0.4, -0.2) is 5.78 Å². The summed E-state index contributed by atoms with van der Waals surface area (Å²) in [7, 11) is 0.